The number of carbonyl (C=O) groups excluding carboxylic acids is 1. The number of halogens is 1. The highest BCUT2D eigenvalue weighted by atomic mass is 31.1. The van der Waals surface area contributed by atoms with E-state index in [0.29, 0.717) is 17.4 Å². The molecule has 0 amide bonds. The fourth-order valence-electron chi connectivity index (χ4n) is 4.09. The van der Waals surface area contributed by atoms with Crippen LogP contribution in [0.25, 0.3) is 11.2 Å². The Bertz CT molecular complexity index is 1140. The van der Waals surface area contributed by atoms with Crippen molar-refractivity contribution in [2.75, 3.05) is 24.3 Å². The number of esters is 1. The molecule has 6 atom stereocenters. The zero-order valence-corrected chi connectivity index (χ0v) is 21.8. The van der Waals surface area contributed by atoms with Crippen LogP contribution in [0.3, 0.4) is 0 Å². The molecule has 0 aromatic carbocycles. The molecular weight excluding hydrogens is 496 g/mol. The molecule has 4 N–H and O–H groups in total. The maximum Gasteiger partial charge on any atom is 0.323 e. The first-order chi connectivity index (χ1) is 16.9. The minimum absolute atomic E-state index is 0.000486. The van der Waals surface area contributed by atoms with E-state index >= 15 is 4.39 Å². The van der Waals surface area contributed by atoms with E-state index in [4.69, 9.17) is 19.7 Å². The molecule has 1 aliphatic heterocycles. The Kier molecular flexibility index (Phi) is 7.54. The number of aromatic nitrogens is 4. The van der Waals surface area contributed by atoms with E-state index < -0.39 is 44.3 Å². The van der Waals surface area contributed by atoms with Gasteiger partial charge in [0, 0.05) is 13.1 Å². The number of imidazole rings is 1. The highest BCUT2D eigenvalue weighted by molar-refractivity contribution is 7.36. The lowest BCUT2D eigenvalue weighted by atomic mass is 9.98. The molecule has 1 saturated heterocycles. The van der Waals surface area contributed by atoms with Crippen molar-refractivity contribution >= 4 is 37.1 Å². The maximum absolute atomic E-state index is 15.8. The number of fused-ring (bicyclic) bond motifs is 1. The van der Waals surface area contributed by atoms with Crippen molar-refractivity contribution in [2.24, 2.45) is 0 Å². The van der Waals surface area contributed by atoms with E-state index in [2.05, 4.69) is 20.0 Å². The predicted molar refractivity (Wildman–Crippen MR) is 129 cm³/mol. The van der Waals surface area contributed by atoms with Crippen LogP contribution >= 0.6 is 8.18 Å². The Morgan fingerprint density at radius 2 is 2.14 bits per heavy atom. The SMILES string of the molecule is CC(C)OC(=O)[C@H](C)N[PH](=O)OCC1O[C@@H](n2cnc3c(N(C)C4CC4)nc(N)nc32)[C@](C)(F)[C@@H]1O. The van der Waals surface area contributed by atoms with Gasteiger partial charge < -0.3 is 29.7 Å². The molecule has 2 aromatic heterocycles. The molecule has 36 heavy (non-hydrogen) atoms. The van der Waals surface area contributed by atoms with E-state index in [1.807, 2.05) is 11.9 Å². The van der Waals surface area contributed by atoms with Crippen LogP contribution in [0.1, 0.15) is 46.8 Å². The predicted octanol–water partition coefficient (Wildman–Crippen LogP) is 1.33. The zero-order valence-electron chi connectivity index (χ0n) is 20.8. The first kappa shape index (κ1) is 26.7. The summed E-state index contributed by atoms with van der Waals surface area (Å²) in [6, 6.07) is -0.547. The van der Waals surface area contributed by atoms with E-state index in [9.17, 15) is 14.5 Å². The number of hydrogen-bond acceptors (Lipinski definition) is 11. The number of nitrogens with one attached hydrogen (secondary N) is 1. The van der Waals surface area contributed by atoms with Crippen LogP contribution in [0.4, 0.5) is 16.2 Å². The number of nitrogen functional groups attached to an aromatic ring is 1. The Hall–Kier alpha value is -2.38. The maximum atomic E-state index is 15.8. The second-order valence-electron chi connectivity index (χ2n) is 9.64. The smallest absolute Gasteiger partial charge is 0.323 e. The number of hydrogen-bond donors (Lipinski definition) is 3. The van der Waals surface area contributed by atoms with Gasteiger partial charge in [0.1, 0.15) is 18.2 Å². The molecule has 1 saturated carbocycles. The van der Waals surface area contributed by atoms with Crippen molar-refractivity contribution in [1.82, 2.24) is 24.6 Å². The standard InChI is InChI=1S/C21H33FN7O6P/c1-10(2)34-18(31)11(3)27-36(32)33-8-13-15(30)21(4,22)19(35-13)29-9-24-14-16(28(5)12-6-7-12)25-20(23)26-17(14)29/h9-13,15,19,30,36H,6-8H2,1-5H3,(H,27,32)(H2,23,25,26)/t11-,13?,15+,19+,21+/m0/s1. The number of nitrogens with two attached hydrogens (primary N) is 1. The average molecular weight is 530 g/mol. The van der Waals surface area contributed by atoms with Gasteiger partial charge in [-0.25, -0.2) is 14.5 Å². The lowest BCUT2D eigenvalue weighted by molar-refractivity contribution is -0.149. The van der Waals surface area contributed by atoms with Gasteiger partial charge in [0.25, 0.3) is 8.18 Å². The van der Waals surface area contributed by atoms with Gasteiger partial charge in [0.05, 0.1) is 19.0 Å². The number of carbonyl (C=O) groups is 1. The molecule has 200 valence electrons. The molecule has 0 spiro atoms. The summed E-state index contributed by atoms with van der Waals surface area (Å²) in [7, 11) is -1.03. The van der Waals surface area contributed by atoms with E-state index in [0.717, 1.165) is 12.8 Å². The second kappa shape index (κ2) is 10.2. The molecule has 13 nitrogen and oxygen atoms in total. The lowest BCUT2D eigenvalue weighted by Gasteiger charge is -2.25. The molecule has 2 aliphatic rings. The number of anilines is 2. The van der Waals surface area contributed by atoms with E-state index in [1.54, 1.807) is 13.8 Å². The van der Waals surface area contributed by atoms with E-state index in [1.165, 1.54) is 24.7 Å². The summed E-state index contributed by atoms with van der Waals surface area (Å²) in [5, 5.41) is 13.2. The minimum Gasteiger partial charge on any atom is -0.462 e. The van der Waals surface area contributed by atoms with Gasteiger partial charge in [-0.1, -0.05) is 0 Å². The first-order valence-electron chi connectivity index (χ1n) is 11.8. The van der Waals surface area contributed by atoms with Gasteiger partial charge in [0.15, 0.2) is 28.9 Å². The molecule has 15 heteroatoms. The number of ether oxygens (including phenoxy) is 2. The number of rotatable bonds is 10. The molecule has 2 unspecified atom stereocenters. The van der Waals surface area contributed by atoms with Crippen LogP contribution in [0.2, 0.25) is 0 Å². The van der Waals surface area contributed by atoms with Gasteiger partial charge in [-0.2, -0.15) is 9.97 Å². The summed E-state index contributed by atoms with van der Waals surface area (Å²) in [5.74, 6) is -0.0477. The van der Waals surface area contributed by atoms with Crippen molar-refractivity contribution in [1.29, 1.82) is 0 Å². The van der Waals surface area contributed by atoms with Crippen LogP contribution in [-0.2, 0) is 23.4 Å². The third-order valence-corrected chi connectivity index (χ3v) is 7.33. The normalized spacial score (nSPS) is 27.9. The third kappa shape index (κ3) is 5.32. The summed E-state index contributed by atoms with van der Waals surface area (Å²) in [6.45, 7) is 5.69. The summed E-state index contributed by atoms with van der Waals surface area (Å²) in [5.41, 5.74) is 4.37. The zero-order chi connectivity index (χ0) is 26.4. The summed E-state index contributed by atoms with van der Waals surface area (Å²) in [4.78, 5) is 26.8. The molecule has 0 radical (unpaired) electrons. The average Bonchev–Trinajstić information content (AvgIpc) is 3.53. The molecule has 2 fully saturated rings. The number of alkyl halides is 1. The van der Waals surface area contributed by atoms with Crippen LogP contribution in [-0.4, -0.2) is 80.3 Å². The van der Waals surface area contributed by atoms with Crippen LogP contribution < -0.4 is 15.7 Å². The topological polar surface area (TPSA) is 167 Å². The molecule has 2 aromatic rings. The van der Waals surface area contributed by atoms with Crippen LogP contribution in [0, 0.1) is 0 Å². The summed E-state index contributed by atoms with van der Waals surface area (Å²) in [6.07, 6.45) is -0.963. The molecule has 3 heterocycles. The molecular formula is C21H33FN7O6P. The second-order valence-corrected chi connectivity index (χ2v) is 10.8. The monoisotopic (exact) mass is 529 g/mol. The van der Waals surface area contributed by atoms with Gasteiger partial charge in [-0.15, -0.1) is 0 Å². The number of nitrogens with zero attached hydrogens (tertiary/aromatic N) is 5. The highest BCUT2D eigenvalue weighted by Gasteiger charge is 2.55. The highest BCUT2D eigenvalue weighted by Crippen LogP contribution is 2.43. The number of aliphatic hydroxyl groups excluding tert-OH is 1. The largest absolute Gasteiger partial charge is 0.462 e. The van der Waals surface area contributed by atoms with Crippen LogP contribution in [0.5, 0.6) is 0 Å². The Morgan fingerprint density at radius 1 is 1.44 bits per heavy atom. The third-order valence-electron chi connectivity index (χ3n) is 6.24. The number of aliphatic hydroxyl groups is 1. The van der Waals surface area contributed by atoms with Gasteiger partial charge in [-0.05, 0) is 40.5 Å². The minimum atomic E-state index is -2.92. The van der Waals surface area contributed by atoms with Crippen molar-refractivity contribution in [3.05, 3.63) is 6.33 Å². The van der Waals surface area contributed by atoms with Crippen molar-refractivity contribution in [3.8, 4) is 0 Å². The fourth-order valence-corrected chi connectivity index (χ4v) is 4.96. The van der Waals surface area contributed by atoms with Crippen molar-refractivity contribution < 1.29 is 32.9 Å². The Labute approximate surface area is 208 Å². The molecule has 1 aliphatic carbocycles. The van der Waals surface area contributed by atoms with Gasteiger partial charge in [0.2, 0.25) is 5.95 Å². The Balaban J connectivity index is 1.47. The van der Waals surface area contributed by atoms with Gasteiger partial charge >= 0.3 is 5.97 Å². The van der Waals surface area contributed by atoms with Crippen molar-refractivity contribution in [2.45, 2.75) is 82.8 Å². The summed E-state index contributed by atoms with van der Waals surface area (Å²) >= 11 is 0. The lowest BCUT2D eigenvalue weighted by Crippen LogP contribution is -2.40. The molecule has 4 rings (SSSR count). The van der Waals surface area contributed by atoms with Crippen molar-refractivity contribution in [3.63, 3.8) is 0 Å². The van der Waals surface area contributed by atoms with Gasteiger partial charge in [-0.3, -0.25) is 13.9 Å². The fraction of sp³-hybridized carbons (Fsp3) is 0.714. The summed E-state index contributed by atoms with van der Waals surface area (Å²) < 4.78 is 45.6. The van der Waals surface area contributed by atoms with E-state index in [-0.39, 0.29) is 24.3 Å². The Morgan fingerprint density at radius 3 is 2.78 bits per heavy atom. The quantitative estimate of drug-likeness (QED) is 0.299. The molecule has 0 bridgehead atoms. The van der Waals surface area contributed by atoms with Crippen LogP contribution in [0.15, 0.2) is 6.33 Å². The first-order valence-corrected chi connectivity index (χ1v) is 13.1.